The van der Waals surface area contributed by atoms with Crippen molar-refractivity contribution in [3.05, 3.63) is 12.7 Å². The Morgan fingerprint density at radius 2 is 2.26 bits per heavy atom. The Kier molecular flexibility index (Phi) is 3.48. The van der Waals surface area contributed by atoms with Gasteiger partial charge in [0.15, 0.2) is 17.7 Å². The van der Waals surface area contributed by atoms with Gasteiger partial charge in [0.2, 0.25) is 0 Å². The molecule has 0 unspecified atom stereocenters. The molecular weight excluding hydrogens is 305 g/mol. The first-order chi connectivity index (χ1) is 10.9. The number of halogens is 1. The molecule has 9 heteroatoms. The summed E-state index contributed by atoms with van der Waals surface area (Å²) in [5.41, 5.74) is 3.31. The molecular formula is C14H16FN5O3. The molecule has 0 aromatic carbocycles. The van der Waals surface area contributed by atoms with Gasteiger partial charge >= 0.3 is 0 Å². The number of alkyl halides is 1. The van der Waals surface area contributed by atoms with E-state index < -0.39 is 36.6 Å². The van der Waals surface area contributed by atoms with Gasteiger partial charge in [0.05, 0.1) is 12.9 Å². The van der Waals surface area contributed by atoms with E-state index >= 15 is 0 Å². The van der Waals surface area contributed by atoms with Crippen LogP contribution in [0.5, 0.6) is 0 Å². The third-order valence-corrected chi connectivity index (χ3v) is 4.37. The van der Waals surface area contributed by atoms with Crippen LogP contribution in [0.25, 0.3) is 11.2 Å². The summed E-state index contributed by atoms with van der Waals surface area (Å²) >= 11 is 0. The molecule has 0 bridgehead atoms. The summed E-state index contributed by atoms with van der Waals surface area (Å²) in [7, 11) is 0. The molecule has 2 aromatic heterocycles. The molecule has 1 aliphatic rings. The molecule has 0 saturated carbocycles. The fourth-order valence-corrected chi connectivity index (χ4v) is 2.90. The summed E-state index contributed by atoms with van der Waals surface area (Å²) in [6, 6.07) is 0. The van der Waals surface area contributed by atoms with Gasteiger partial charge in [-0.3, -0.25) is 4.57 Å². The Bertz CT molecular complexity index is 784. The molecule has 3 rings (SSSR count). The number of hydrogen-bond donors (Lipinski definition) is 3. The molecule has 4 N–H and O–H groups in total. The van der Waals surface area contributed by atoms with Crippen molar-refractivity contribution in [3.63, 3.8) is 0 Å². The number of fused-ring (bicyclic) bond motifs is 1. The number of nitrogens with zero attached hydrogens (tertiary/aromatic N) is 4. The van der Waals surface area contributed by atoms with Crippen LogP contribution in [0.15, 0.2) is 12.7 Å². The number of aliphatic hydroxyl groups excluding tert-OH is 2. The summed E-state index contributed by atoms with van der Waals surface area (Å²) in [6.45, 7) is -0.268. The number of hydrogen-bond acceptors (Lipinski definition) is 7. The van der Waals surface area contributed by atoms with Gasteiger partial charge in [-0.15, -0.1) is 6.42 Å². The van der Waals surface area contributed by atoms with Crippen molar-refractivity contribution in [1.82, 2.24) is 19.5 Å². The van der Waals surface area contributed by atoms with Crippen LogP contribution in [0, 0.1) is 17.8 Å². The van der Waals surface area contributed by atoms with Crippen molar-refractivity contribution in [2.75, 3.05) is 19.0 Å². The molecule has 1 saturated heterocycles. The first-order valence-corrected chi connectivity index (χ1v) is 6.87. The van der Waals surface area contributed by atoms with Crippen molar-refractivity contribution in [1.29, 1.82) is 0 Å². The zero-order valence-corrected chi connectivity index (χ0v) is 12.3. The summed E-state index contributed by atoms with van der Waals surface area (Å²) in [5, 5.41) is 20.0. The zero-order chi connectivity index (χ0) is 16.8. The molecule has 8 nitrogen and oxygen atoms in total. The minimum atomic E-state index is -1.80. The normalized spacial score (nSPS) is 33.9. The summed E-state index contributed by atoms with van der Waals surface area (Å²) < 4.78 is 20.6. The summed E-state index contributed by atoms with van der Waals surface area (Å²) in [4.78, 5) is 12.0. The predicted molar refractivity (Wildman–Crippen MR) is 78.6 cm³/mol. The second-order valence-corrected chi connectivity index (χ2v) is 5.74. The molecule has 3 heterocycles. The molecule has 4 atom stereocenters. The third kappa shape index (κ3) is 1.92. The topological polar surface area (TPSA) is 119 Å². The number of rotatable bonds is 3. The average molecular weight is 321 g/mol. The number of nitrogen functional groups attached to an aromatic ring is 1. The summed E-state index contributed by atoms with van der Waals surface area (Å²) in [6.07, 6.45) is 5.81. The number of terminal acetylenes is 1. The highest BCUT2D eigenvalue weighted by Gasteiger charge is 2.62. The van der Waals surface area contributed by atoms with Crippen LogP contribution in [0.1, 0.15) is 13.2 Å². The van der Waals surface area contributed by atoms with Gasteiger partial charge in [0, 0.05) is 0 Å². The Morgan fingerprint density at radius 1 is 1.52 bits per heavy atom. The van der Waals surface area contributed by atoms with E-state index in [1.54, 1.807) is 6.92 Å². The van der Waals surface area contributed by atoms with E-state index in [4.69, 9.17) is 16.9 Å². The van der Waals surface area contributed by atoms with Crippen molar-refractivity contribution in [2.24, 2.45) is 5.41 Å². The lowest BCUT2D eigenvalue weighted by molar-refractivity contribution is -0.136. The second-order valence-electron chi connectivity index (χ2n) is 5.74. The van der Waals surface area contributed by atoms with E-state index in [0.717, 1.165) is 0 Å². The van der Waals surface area contributed by atoms with Gasteiger partial charge in [0.25, 0.3) is 0 Å². The van der Waals surface area contributed by atoms with Crippen LogP contribution in [-0.4, -0.2) is 54.7 Å². The maximum absolute atomic E-state index is 13.5. The lowest BCUT2D eigenvalue weighted by atomic mass is 9.78. The number of aromatic nitrogens is 4. The van der Waals surface area contributed by atoms with Gasteiger partial charge in [-0.2, -0.15) is 0 Å². The maximum Gasteiger partial charge on any atom is 0.167 e. The number of anilines is 1. The quantitative estimate of drug-likeness (QED) is 0.660. The molecule has 0 radical (unpaired) electrons. The van der Waals surface area contributed by atoms with Gasteiger partial charge in [-0.25, -0.2) is 19.3 Å². The van der Waals surface area contributed by atoms with Crippen molar-refractivity contribution in [2.45, 2.75) is 24.9 Å². The number of nitrogens with two attached hydrogens (primary N) is 1. The van der Waals surface area contributed by atoms with Crippen molar-refractivity contribution < 1.29 is 19.3 Å². The highest BCUT2D eigenvalue weighted by molar-refractivity contribution is 5.81. The van der Waals surface area contributed by atoms with Crippen LogP contribution in [0.4, 0.5) is 10.2 Å². The maximum atomic E-state index is 13.5. The molecule has 2 aromatic rings. The fraction of sp³-hybridized carbons (Fsp3) is 0.500. The average Bonchev–Trinajstić information content (AvgIpc) is 3.08. The lowest BCUT2D eigenvalue weighted by Crippen LogP contribution is -2.49. The SMILES string of the molecule is C#C[C@@]1(C)[C@H](O)[C@](CO)(CF)O[C@H]1n1cnc2c(N)ncnc21. The van der Waals surface area contributed by atoms with E-state index in [9.17, 15) is 14.6 Å². The van der Waals surface area contributed by atoms with E-state index in [0.29, 0.717) is 11.2 Å². The second kappa shape index (κ2) is 5.13. The standard InChI is InChI=1S/C14H16FN5O3/c1-3-13(2)11(22)14(4-15,5-21)23-12(13)20-7-19-8-9(16)17-6-18-10(8)20/h1,6-7,11-12,21-22H,4-5H2,2H3,(H2,16,17,18)/t11-,12+,13-,14+/m0/s1. The number of aliphatic hydroxyl groups is 2. The lowest BCUT2D eigenvalue weighted by Gasteiger charge is -2.29. The number of imidazole rings is 1. The van der Waals surface area contributed by atoms with Gasteiger partial charge in [0.1, 0.15) is 35.6 Å². The first kappa shape index (κ1) is 15.6. The third-order valence-electron chi connectivity index (χ3n) is 4.37. The summed E-state index contributed by atoms with van der Waals surface area (Å²) in [5.74, 6) is 2.63. The molecule has 0 amide bonds. The van der Waals surface area contributed by atoms with Crippen LogP contribution in [0.3, 0.4) is 0 Å². The minimum absolute atomic E-state index is 0.175. The Hall–Kier alpha value is -2.28. The van der Waals surface area contributed by atoms with Crippen molar-refractivity contribution in [3.8, 4) is 12.3 Å². The highest BCUT2D eigenvalue weighted by Crippen LogP contribution is 2.50. The fourth-order valence-electron chi connectivity index (χ4n) is 2.90. The van der Waals surface area contributed by atoms with Crippen molar-refractivity contribution >= 4 is 17.0 Å². The molecule has 1 fully saturated rings. The Labute approximate surface area is 131 Å². The van der Waals surface area contributed by atoms with Crippen LogP contribution < -0.4 is 5.73 Å². The van der Waals surface area contributed by atoms with Gasteiger partial charge < -0.3 is 20.7 Å². The highest BCUT2D eigenvalue weighted by atomic mass is 19.1. The van der Waals surface area contributed by atoms with Gasteiger partial charge in [-0.05, 0) is 6.92 Å². The molecule has 122 valence electrons. The van der Waals surface area contributed by atoms with Crippen LogP contribution in [0.2, 0.25) is 0 Å². The minimum Gasteiger partial charge on any atom is -0.393 e. The van der Waals surface area contributed by atoms with Crippen LogP contribution >= 0.6 is 0 Å². The van der Waals surface area contributed by atoms with E-state index in [2.05, 4.69) is 20.9 Å². The van der Waals surface area contributed by atoms with E-state index in [1.807, 2.05) is 0 Å². The monoisotopic (exact) mass is 321 g/mol. The molecule has 0 aliphatic carbocycles. The zero-order valence-electron chi connectivity index (χ0n) is 12.3. The Balaban J connectivity index is 2.18. The van der Waals surface area contributed by atoms with Gasteiger partial charge in [-0.1, -0.05) is 5.92 Å². The predicted octanol–water partition coefficient (Wildman–Crippen LogP) is -0.362. The van der Waals surface area contributed by atoms with Crippen LogP contribution in [-0.2, 0) is 4.74 Å². The van der Waals surface area contributed by atoms with E-state index in [1.165, 1.54) is 17.2 Å². The van der Waals surface area contributed by atoms with E-state index in [-0.39, 0.29) is 5.82 Å². The molecule has 23 heavy (non-hydrogen) atoms. The first-order valence-electron chi connectivity index (χ1n) is 6.87. The molecule has 0 spiro atoms. The smallest absolute Gasteiger partial charge is 0.167 e. The Morgan fingerprint density at radius 3 is 2.87 bits per heavy atom. The molecule has 1 aliphatic heterocycles. The number of ether oxygens (including phenoxy) is 1. The largest absolute Gasteiger partial charge is 0.393 e.